The first-order valence-corrected chi connectivity index (χ1v) is 5.03. The summed E-state index contributed by atoms with van der Waals surface area (Å²) in [6.45, 7) is 7.36. The van der Waals surface area contributed by atoms with Gasteiger partial charge in [0.2, 0.25) is 0 Å². The Morgan fingerprint density at radius 3 is 2.38 bits per heavy atom. The molecule has 0 rings (SSSR count). The number of hydrogen-bond donors (Lipinski definition) is 1. The van der Waals surface area contributed by atoms with Gasteiger partial charge in [-0.1, -0.05) is 19.8 Å². The zero-order valence-corrected chi connectivity index (χ0v) is 9.26. The Morgan fingerprint density at radius 2 is 2.00 bits per heavy atom. The lowest BCUT2D eigenvalue weighted by atomic mass is 9.94. The molecule has 0 aromatic rings. The Bertz CT molecular complexity index is 156. The Balaban J connectivity index is 3.48. The summed E-state index contributed by atoms with van der Waals surface area (Å²) in [5.41, 5.74) is -0.560. The van der Waals surface area contributed by atoms with E-state index in [1.165, 1.54) is 0 Å². The third kappa shape index (κ3) is 9.54. The predicted octanol–water partition coefficient (Wildman–Crippen LogP) is 2.54. The van der Waals surface area contributed by atoms with Crippen LogP contribution in [0.3, 0.4) is 0 Å². The van der Waals surface area contributed by atoms with E-state index in [1.54, 1.807) is 6.92 Å². The summed E-state index contributed by atoms with van der Waals surface area (Å²) in [7, 11) is 0. The lowest BCUT2D eigenvalue weighted by Crippen LogP contribution is -2.18. The van der Waals surface area contributed by atoms with Crippen molar-refractivity contribution in [3.8, 4) is 0 Å². The molecule has 0 aliphatic rings. The molecular weight excluding hydrogens is 164 g/mol. The zero-order valence-electron chi connectivity index (χ0n) is 9.26. The van der Waals surface area contributed by atoms with Gasteiger partial charge in [-0.05, 0) is 33.1 Å². The van der Waals surface area contributed by atoms with Crippen molar-refractivity contribution in [3.05, 3.63) is 0 Å². The standard InChI is InChI=1S/C11H22O2/c1-9(8-10(2)12)6-5-7-11(3,4)13/h9,13H,5-8H2,1-4H3. The second-order valence-corrected chi connectivity index (χ2v) is 4.72. The number of ketones is 1. The fraction of sp³-hybridized carbons (Fsp3) is 0.909. The van der Waals surface area contributed by atoms with E-state index in [-0.39, 0.29) is 5.78 Å². The highest BCUT2D eigenvalue weighted by molar-refractivity contribution is 5.75. The quantitative estimate of drug-likeness (QED) is 0.692. The second kappa shape index (κ2) is 5.38. The smallest absolute Gasteiger partial charge is 0.130 e. The average molecular weight is 186 g/mol. The molecule has 78 valence electrons. The predicted molar refractivity (Wildman–Crippen MR) is 54.6 cm³/mol. The second-order valence-electron chi connectivity index (χ2n) is 4.72. The summed E-state index contributed by atoms with van der Waals surface area (Å²) >= 11 is 0. The first-order chi connectivity index (χ1) is 5.81. The monoisotopic (exact) mass is 186 g/mol. The molecule has 0 amide bonds. The van der Waals surface area contributed by atoms with Crippen LogP contribution in [-0.4, -0.2) is 16.5 Å². The number of Topliss-reactive ketones (excluding diaryl/α,β-unsaturated/α-hetero) is 1. The van der Waals surface area contributed by atoms with E-state index in [0.29, 0.717) is 12.3 Å². The third-order valence-electron chi connectivity index (χ3n) is 2.12. The van der Waals surface area contributed by atoms with Crippen molar-refractivity contribution in [1.82, 2.24) is 0 Å². The summed E-state index contributed by atoms with van der Waals surface area (Å²) in [6.07, 6.45) is 3.52. The number of carbonyl (C=O) groups excluding carboxylic acids is 1. The van der Waals surface area contributed by atoms with Crippen LogP contribution < -0.4 is 0 Å². The molecule has 0 bridgehead atoms. The van der Waals surface area contributed by atoms with Crippen LogP contribution in [0, 0.1) is 5.92 Å². The summed E-state index contributed by atoms with van der Waals surface area (Å²) < 4.78 is 0. The maximum atomic E-state index is 10.8. The van der Waals surface area contributed by atoms with Crippen molar-refractivity contribution >= 4 is 5.78 Å². The summed E-state index contributed by atoms with van der Waals surface area (Å²) in [6, 6.07) is 0. The molecule has 0 saturated heterocycles. The molecule has 0 aliphatic heterocycles. The average Bonchev–Trinajstić information content (AvgIpc) is 1.81. The minimum Gasteiger partial charge on any atom is -0.390 e. The van der Waals surface area contributed by atoms with E-state index in [1.807, 2.05) is 13.8 Å². The van der Waals surface area contributed by atoms with Gasteiger partial charge in [0.15, 0.2) is 0 Å². The van der Waals surface area contributed by atoms with Gasteiger partial charge in [0.05, 0.1) is 5.60 Å². The van der Waals surface area contributed by atoms with Crippen molar-refractivity contribution in [3.63, 3.8) is 0 Å². The first-order valence-electron chi connectivity index (χ1n) is 5.03. The lowest BCUT2D eigenvalue weighted by molar-refractivity contribution is -0.117. The SMILES string of the molecule is CC(=O)CC(C)CCCC(C)(C)O. The van der Waals surface area contributed by atoms with Gasteiger partial charge in [-0.15, -0.1) is 0 Å². The Morgan fingerprint density at radius 1 is 1.46 bits per heavy atom. The minimum absolute atomic E-state index is 0.260. The van der Waals surface area contributed by atoms with Gasteiger partial charge in [0.25, 0.3) is 0 Å². The van der Waals surface area contributed by atoms with Crippen LogP contribution in [0.4, 0.5) is 0 Å². The first kappa shape index (κ1) is 12.6. The van der Waals surface area contributed by atoms with E-state index >= 15 is 0 Å². The summed E-state index contributed by atoms with van der Waals surface area (Å²) in [5, 5.41) is 9.45. The number of rotatable bonds is 6. The van der Waals surface area contributed by atoms with Gasteiger partial charge >= 0.3 is 0 Å². The van der Waals surface area contributed by atoms with Crippen molar-refractivity contribution in [1.29, 1.82) is 0 Å². The van der Waals surface area contributed by atoms with Crippen molar-refractivity contribution < 1.29 is 9.90 Å². The van der Waals surface area contributed by atoms with Gasteiger partial charge in [-0.3, -0.25) is 0 Å². The maximum Gasteiger partial charge on any atom is 0.130 e. The normalized spacial score (nSPS) is 14.2. The van der Waals surface area contributed by atoms with Crippen LogP contribution in [-0.2, 0) is 4.79 Å². The van der Waals surface area contributed by atoms with Crippen LogP contribution in [0.1, 0.15) is 53.4 Å². The van der Waals surface area contributed by atoms with Gasteiger partial charge in [0.1, 0.15) is 5.78 Å². The van der Waals surface area contributed by atoms with E-state index in [2.05, 4.69) is 6.92 Å². The molecule has 1 N–H and O–H groups in total. The molecule has 0 aromatic heterocycles. The van der Waals surface area contributed by atoms with E-state index in [4.69, 9.17) is 0 Å². The topological polar surface area (TPSA) is 37.3 Å². The van der Waals surface area contributed by atoms with Crippen molar-refractivity contribution in [2.75, 3.05) is 0 Å². The number of aliphatic hydroxyl groups is 1. The minimum atomic E-state index is -0.560. The summed E-state index contributed by atoms with van der Waals surface area (Å²) in [5.74, 6) is 0.718. The lowest BCUT2D eigenvalue weighted by Gasteiger charge is -2.17. The van der Waals surface area contributed by atoms with E-state index < -0.39 is 5.60 Å². The molecule has 0 heterocycles. The fourth-order valence-corrected chi connectivity index (χ4v) is 1.48. The van der Waals surface area contributed by atoms with Crippen LogP contribution in [0.5, 0.6) is 0 Å². The van der Waals surface area contributed by atoms with Crippen molar-refractivity contribution in [2.45, 2.75) is 59.0 Å². The fourth-order valence-electron chi connectivity index (χ4n) is 1.48. The Hall–Kier alpha value is -0.370. The number of carbonyl (C=O) groups is 1. The molecule has 1 unspecified atom stereocenters. The van der Waals surface area contributed by atoms with Crippen LogP contribution in [0.2, 0.25) is 0 Å². The highest BCUT2D eigenvalue weighted by atomic mass is 16.3. The highest BCUT2D eigenvalue weighted by Crippen LogP contribution is 2.17. The third-order valence-corrected chi connectivity index (χ3v) is 2.12. The van der Waals surface area contributed by atoms with Crippen LogP contribution in [0.15, 0.2) is 0 Å². The molecule has 1 atom stereocenters. The van der Waals surface area contributed by atoms with E-state index in [0.717, 1.165) is 19.3 Å². The van der Waals surface area contributed by atoms with Crippen LogP contribution in [0.25, 0.3) is 0 Å². The molecule has 0 saturated carbocycles. The van der Waals surface area contributed by atoms with Gasteiger partial charge in [-0.2, -0.15) is 0 Å². The van der Waals surface area contributed by atoms with Gasteiger partial charge in [-0.25, -0.2) is 0 Å². The Kier molecular flexibility index (Phi) is 5.23. The maximum absolute atomic E-state index is 10.8. The molecule has 0 aliphatic carbocycles. The molecule has 13 heavy (non-hydrogen) atoms. The molecular formula is C11H22O2. The highest BCUT2D eigenvalue weighted by Gasteiger charge is 2.13. The molecule has 0 aromatic carbocycles. The van der Waals surface area contributed by atoms with E-state index in [9.17, 15) is 9.90 Å². The Labute approximate surface area is 81.3 Å². The molecule has 2 nitrogen and oxygen atoms in total. The zero-order chi connectivity index (χ0) is 10.5. The van der Waals surface area contributed by atoms with Crippen LogP contribution >= 0.6 is 0 Å². The van der Waals surface area contributed by atoms with Gasteiger partial charge < -0.3 is 9.90 Å². The molecule has 0 radical (unpaired) electrons. The van der Waals surface area contributed by atoms with Crippen molar-refractivity contribution in [2.24, 2.45) is 5.92 Å². The molecule has 0 spiro atoms. The molecule has 0 fully saturated rings. The summed E-state index contributed by atoms with van der Waals surface area (Å²) in [4.78, 5) is 10.8. The number of hydrogen-bond acceptors (Lipinski definition) is 2. The largest absolute Gasteiger partial charge is 0.390 e. The molecule has 2 heteroatoms. The van der Waals surface area contributed by atoms with Gasteiger partial charge in [0, 0.05) is 6.42 Å².